The van der Waals surface area contributed by atoms with Gasteiger partial charge >= 0.3 is 6.18 Å². The fourth-order valence-electron chi connectivity index (χ4n) is 1.07. The number of nitrogens with two attached hydrogens (primary N) is 1. The van der Waals surface area contributed by atoms with E-state index in [1.807, 2.05) is 13.8 Å². The van der Waals surface area contributed by atoms with Crippen LogP contribution in [0.15, 0.2) is 5.38 Å². The molecule has 1 rings (SSSR count). The van der Waals surface area contributed by atoms with Crippen molar-refractivity contribution in [1.29, 1.82) is 0 Å². The molecule has 1 atom stereocenters. The Morgan fingerprint density at radius 2 is 2.07 bits per heavy atom. The summed E-state index contributed by atoms with van der Waals surface area (Å²) >= 11 is 1.01. The quantitative estimate of drug-likeness (QED) is 0.879. The smallest absolute Gasteiger partial charge is 0.322 e. The summed E-state index contributed by atoms with van der Waals surface area (Å²) in [6.07, 6.45) is -5.17. The first kappa shape index (κ1) is 12.4. The molecule has 2 N–H and O–H groups in total. The zero-order valence-corrected chi connectivity index (χ0v) is 9.32. The third-order valence-corrected chi connectivity index (χ3v) is 2.85. The van der Waals surface area contributed by atoms with Crippen molar-refractivity contribution in [1.82, 2.24) is 4.98 Å². The number of halogens is 3. The van der Waals surface area contributed by atoms with E-state index in [0.717, 1.165) is 11.3 Å². The molecule has 1 aromatic rings. The highest BCUT2D eigenvalue weighted by atomic mass is 32.1. The third kappa shape index (κ3) is 3.79. The van der Waals surface area contributed by atoms with Crippen molar-refractivity contribution in [2.75, 3.05) is 0 Å². The molecule has 0 aliphatic carbocycles. The minimum absolute atomic E-state index is 0.0774. The van der Waals surface area contributed by atoms with Gasteiger partial charge in [-0.2, -0.15) is 13.2 Å². The van der Waals surface area contributed by atoms with Gasteiger partial charge in [-0.15, -0.1) is 11.3 Å². The molecule has 1 heterocycles. The van der Waals surface area contributed by atoms with Gasteiger partial charge in [-0.3, -0.25) is 0 Å². The molecular formula is C9H13F3N2S. The zero-order chi connectivity index (χ0) is 11.6. The van der Waals surface area contributed by atoms with Gasteiger partial charge in [0.15, 0.2) is 0 Å². The van der Waals surface area contributed by atoms with E-state index in [1.54, 1.807) is 5.38 Å². The first-order valence-corrected chi connectivity index (χ1v) is 5.44. The van der Waals surface area contributed by atoms with Gasteiger partial charge in [-0.05, 0) is 5.92 Å². The van der Waals surface area contributed by atoms with Gasteiger partial charge in [0, 0.05) is 5.38 Å². The minimum Gasteiger partial charge on any atom is -0.322 e. The van der Waals surface area contributed by atoms with Gasteiger partial charge in [0.05, 0.1) is 18.2 Å². The molecule has 0 spiro atoms. The van der Waals surface area contributed by atoms with E-state index in [0.29, 0.717) is 5.69 Å². The topological polar surface area (TPSA) is 38.9 Å². The number of thiazole rings is 1. The van der Waals surface area contributed by atoms with E-state index in [9.17, 15) is 13.2 Å². The normalized spacial score (nSPS) is 14.6. The lowest BCUT2D eigenvalue weighted by Gasteiger charge is -2.12. The van der Waals surface area contributed by atoms with Gasteiger partial charge < -0.3 is 5.73 Å². The molecule has 86 valence electrons. The molecule has 0 bridgehead atoms. The van der Waals surface area contributed by atoms with E-state index < -0.39 is 12.6 Å². The molecule has 1 unspecified atom stereocenters. The molecule has 2 nitrogen and oxygen atoms in total. The van der Waals surface area contributed by atoms with Crippen LogP contribution >= 0.6 is 11.3 Å². The molecule has 0 saturated carbocycles. The predicted molar refractivity (Wildman–Crippen MR) is 53.6 cm³/mol. The molecule has 0 aromatic carbocycles. The van der Waals surface area contributed by atoms with Crippen LogP contribution in [0.4, 0.5) is 13.2 Å². The molecule has 0 radical (unpaired) electrons. The summed E-state index contributed by atoms with van der Waals surface area (Å²) in [7, 11) is 0. The van der Waals surface area contributed by atoms with Crippen LogP contribution in [0.5, 0.6) is 0 Å². The van der Waals surface area contributed by atoms with Gasteiger partial charge in [0.1, 0.15) is 5.01 Å². The Morgan fingerprint density at radius 3 is 2.53 bits per heavy atom. The van der Waals surface area contributed by atoms with Crippen molar-refractivity contribution in [3.63, 3.8) is 0 Å². The summed E-state index contributed by atoms with van der Waals surface area (Å²) in [6, 6.07) is -0.289. The third-order valence-electron chi connectivity index (χ3n) is 1.98. The lowest BCUT2D eigenvalue weighted by Crippen LogP contribution is -2.17. The van der Waals surface area contributed by atoms with Crippen molar-refractivity contribution in [3.05, 3.63) is 16.1 Å². The van der Waals surface area contributed by atoms with Crippen molar-refractivity contribution < 1.29 is 13.2 Å². The Hall–Kier alpha value is -0.620. The predicted octanol–water partition coefficient (Wildman–Crippen LogP) is 2.90. The standard InChI is InChI=1S/C9H13F3N2S/c1-5(2)8(13)6-4-15-7(14-6)3-9(10,11)12/h4-5,8H,3,13H2,1-2H3. The summed E-state index contributed by atoms with van der Waals surface area (Å²) in [5, 5.41) is 1.68. The Bertz CT molecular complexity index is 319. The van der Waals surface area contributed by atoms with Crippen molar-refractivity contribution in [3.8, 4) is 0 Å². The number of nitrogens with zero attached hydrogens (tertiary/aromatic N) is 1. The summed E-state index contributed by atoms with van der Waals surface area (Å²) in [5.41, 5.74) is 6.33. The largest absolute Gasteiger partial charge is 0.395 e. The Labute approximate surface area is 90.3 Å². The van der Waals surface area contributed by atoms with E-state index >= 15 is 0 Å². The lowest BCUT2D eigenvalue weighted by molar-refractivity contribution is -0.127. The molecule has 6 heteroatoms. The summed E-state index contributed by atoms with van der Waals surface area (Å²) in [4.78, 5) is 3.89. The fraction of sp³-hybridized carbons (Fsp3) is 0.667. The number of hydrogen-bond acceptors (Lipinski definition) is 3. The monoisotopic (exact) mass is 238 g/mol. The summed E-state index contributed by atoms with van der Waals surface area (Å²) < 4.78 is 36.1. The Balaban J connectivity index is 2.72. The van der Waals surface area contributed by atoms with Crippen LogP contribution < -0.4 is 5.73 Å². The highest BCUT2D eigenvalue weighted by Gasteiger charge is 2.29. The highest BCUT2D eigenvalue weighted by molar-refractivity contribution is 7.09. The maximum atomic E-state index is 12.0. The first-order chi connectivity index (χ1) is 6.79. The number of hydrogen-bond donors (Lipinski definition) is 1. The molecular weight excluding hydrogens is 225 g/mol. The molecule has 0 fully saturated rings. The maximum Gasteiger partial charge on any atom is 0.395 e. The summed E-state index contributed by atoms with van der Waals surface area (Å²) in [6.45, 7) is 3.82. The van der Waals surface area contributed by atoms with Gasteiger partial charge in [-0.1, -0.05) is 13.8 Å². The van der Waals surface area contributed by atoms with Crippen LogP contribution in [0.2, 0.25) is 0 Å². The van der Waals surface area contributed by atoms with Crippen LogP contribution in [0.1, 0.15) is 30.6 Å². The zero-order valence-electron chi connectivity index (χ0n) is 8.51. The number of aromatic nitrogens is 1. The molecule has 0 aliphatic heterocycles. The van der Waals surface area contributed by atoms with Crippen LogP contribution in [0.25, 0.3) is 0 Å². The molecule has 0 saturated heterocycles. The van der Waals surface area contributed by atoms with E-state index in [-0.39, 0.29) is 17.0 Å². The SMILES string of the molecule is CC(C)C(N)c1csc(CC(F)(F)F)n1. The van der Waals surface area contributed by atoms with Gasteiger partial charge in [0.25, 0.3) is 0 Å². The second-order valence-electron chi connectivity index (χ2n) is 3.73. The van der Waals surface area contributed by atoms with Crippen LogP contribution in [-0.4, -0.2) is 11.2 Å². The molecule has 1 aromatic heterocycles. The first-order valence-electron chi connectivity index (χ1n) is 4.56. The van der Waals surface area contributed by atoms with Crippen LogP contribution in [0.3, 0.4) is 0 Å². The van der Waals surface area contributed by atoms with Crippen molar-refractivity contribution in [2.24, 2.45) is 11.7 Å². The van der Waals surface area contributed by atoms with Crippen molar-refractivity contribution in [2.45, 2.75) is 32.5 Å². The molecule has 15 heavy (non-hydrogen) atoms. The number of alkyl halides is 3. The second-order valence-corrected chi connectivity index (χ2v) is 4.67. The fourth-order valence-corrected chi connectivity index (χ4v) is 1.94. The van der Waals surface area contributed by atoms with Gasteiger partial charge in [-0.25, -0.2) is 4.98 Å². The summed E-state index contributed by atoms with van der Waals surface area (Å²) in [5.74, 6) is 0.172. The van der Waals surface area contributed by atoms with E-state index in [2.05, 4.69) is 4.98 Å². The van der Waals surface area contributed by atoms with E-state index in [4.69, 9.17) is 5.73 Å². The van der Waals surface area contributed by atoms with Gasteiger partial charge in [0.2, 0.25) is 0 Å². The molecule has 0 aliphatic rings. The minimum atomic E-state index is -4.20. The second kappa shape index (κ2) is 4.49. The van der Waals surface area contributed by atoms with E-state index in [1.165, 1.54) is 0 Å². The van der Waals surface area contributed by atoms with Crippen molar-refractivity contribution >= 4 is 11.3 Å². The Kier molecular flexibility index (Phi) is 3.72. The average molecular weight is 238 g/mol. The highest BCUT2D eigenvalue weighted by Crippen LogP contribution is 2.26. The average Bonchev–Trinajstić information content (AvgIpc) is 2.48. The Morgan fingerprint density at radius 1 is 1.47 bits per heavy atom. The lowest BCUT2D eigenvalue weighted by atomic mass is 10.0. The molecule has 0 amide bonds. The maximum absolute atomic E-state index is 12.0. The number of rotatable bonds is 3. The van der Waals surface area contributed by atoms with Crippen LogP contribution in [0, 0.1) is 5.92 Å². The van der Waals surface area contributed by atoms with Crippen LogP contribution in [-0.2, 0) is 6.42 Å².